The summed E-state index contributed by atoms with van der Waals surface area (Å²) in [6.45, 7) is -2.43. The number of hydrogen-bond donors (Lipinski definition) is 4. The maximum atomic E-state index is 12.8. The number of nitrogens with zero attached hydrogens (tertiary/aromatic N) is 1. The molecule has 0 aromatic heterocycles. The minimum atomic E-state index is -3.01. The van der Waals surface area contributed by atoms with E-state index in [-0.39, 0.29) is 18.0 Å². The van der Waals surface area contributed by atoms with Crippen LogP contribution in [0.2, 0.25) is 0 Å². The first-order chi connectivity index (χ1) is 15.3. The largest absolute Gasteiger partial charge is 0.433 e. The highest BCUT2D eigenvalue weighted by atomic mass is 32.2. The monoisotopic (exact) mass is 461 g/mol. The van der Waals surface area contributed by atoms with Gasteiger partial charge in [0.25, 0.3) is 5.91 Å². The molecular formula is C21H21F2N5O3S. The molecule has 168 valence electrons. The third-order valence-electron chi connectivity index (χ3n) is 5.22. The number of nitrogen functional groups attached to an aromatic ring is 1. The molecule has 2 aromatic carbocycles. The topological polar surface area (TPSA) is 123 Å². The average molecular weight is 461 g/mol. The lowest BCUT2D eigenvalue weighted by Gasteiger charge is -2.28. The molecule has 2 heterocycles. The van der Waals surface area contributed by atoms with Crippen molar-refractivity contribution in [2.45, 2.75) is 17.9 Å². The Hall–Kier alpha value is -3.47. The van der Waals surface area contributed by atoms with Crippen molar-refractivity contribution < 1.29 is 23.1 Å². The van der Waals surface area contributed by atoms with Crippen molar-refractivity contribution in [3.63, 3.8) is 0 Å². The number of anilines is 2. The van der Waals surface area contributed by atoms with E-state index in [2.05, 4.69) is 15.4 Å². The van der Waals surface area contributed by atoms with Crippen LogP contribution >= 0.6 is 11.8 Å². The number of alkyl halides is 2. The standard InChI is InChI=1S/C21H21F2N5O3S/c22-19(23)31-16-8-4-3-7-14(16)26-20(30)28-10-9-15-17(11-28)32-21(27-15,18(25)29)12-5-1-2-6-13(12)24/h1-8,19,27H,9-11,24H2,(H2,25,29)(H,26,30). The number of ether oxygens (including phenoxy) is 1. The van der Waals surface area contributed by atoms with Crippen molar-refractivity contribution in [2.75, 3.05) is 24.1 Å². The molecular weight excluding hydrogens is 440 g/mol. The first-order valence-electron chi connectivity index (χ1n) is 9.74. The Labute approximate surface area is 187 Å². The van der Waals surface area contributed by atoms with E-state index in [1.807, 2.05) is 0 Å². The zero-order valence-corrected chi connectivity index (χ0v) is 17.6. The molecule has 0 radical (unpaired) electrons. The zero-order chi connectivity index (χ0) is 22.9. The van der Waals surface area contributed by atoms with Gasteiger partial charge in [0.05, 0.1) is 12.2 Å². The van der Waals surface area contributed by atoms with Gasteiger partial charge in [-0.2, -0.15) is 8.78 Å². The number of carbonyl (C=O) groups is 2. The molecule has 4 rings (SSSR count). The predicted molar refractivity (Wildman–Crippen MR) is 118 cm³/mol. The van der Waals surface area contributed by atoms with E-state index < -0.39 is 23.4 Å². The Morgan fingerprint density at radius 2 is 1.91 bits per heavy atom. The van der Waals surface area contributed by atoms with Crippen molar-refractivity contribution >= 4 is 35.1 Å². The van der Waals surface area contributed by atoms with E-state index in [0.717, 1.165) is 10.6 Å². The van der Waals surface area contributed by atoms with Gasteiger partial charge < -0.3 is 31.7 Å². The molecule has 3 amide bonds. The summed E-state index contributed by atoms with van der Waals surface area (Å²) in [4.78, 5) is 26.4. The molecule has 0 bridgehead atoms. The lowest BCUT2D eigenvalue weighted by atomic mass is 10.0. The molecule has 0 aliphatic carbocycles. The molecule has 0 saturated carbocycles. The fraction of sp³-hybridized carbons (Fsp3) is 0.238. The van der Waals surface area contributed by atoms with Crippen LogP contribution in [0.25, 0.3) is 0 Å². The lowest BCUT2D eigenvalue weighted by molar-refractivity contribution is -0.121. The highest BCUT2D eigenvalue weighted by Gasteiger charge is 2.48. The molecule has 8 nitrogen and oxygen atoms in total. The number of thioether (sulfide) groups is 1. The Morgan fingerprint density at radius 3 is 2.62 bits per heavy atom. The normalized spacial score (nSPS) is 20.0. The number of nitrogens with one attached hydrogen (secondary N) is 2. The highest BCUT2D eigenvalue weighted by molar-refractivity contribution is 8.05. The Morgan fingerprint density at radius 1 is 1.19 bits per heavy atom. The van der Waals surface area contributed by atoms with Gasteiger partial charge >= 0.3 is 12.6 Å². The Bertz CT molecular complexity index is 1100. The van der Waals surface area contributed by atoms with Crippen molar-refractivity contribution in [1.29, 1.82) is 0 Å². The summed E-state index contributed by atoms with van der Waals surface area (Å²) in [7, 11) is 0. The third kappa shape index (κ3) is 4.03. The van der Waals surface area contributed by atoms with E-state index in [0.29, 0.717) is 24.2 Å². The summed E-state index contributed by atoms with van der Waals surface area (Å²) in [6, 6.07) is 12.5. The van der Waals surface area contributed by atoms with Crippen molar-refractivity contribution in [1.82, 2.24) is 10.2 Å². The number of amides is 3. The van der Waals surface area contributed by atoms with Crippen LogP contribution in [0.15, 0.2) is 59.1 Å². The molecule has 2 aromatic rings. The maximum Gasteiger partial charge on any atom is 0.387 e. The first kappa shape index (κ1) is 21.8. The van der Waals surface area contributed by atoms with Crippen molar-refractivity contribution in [3.8, 4) is 5.75 Å². The van der Waals surface area contributed by atoms with Crippen LogP contribution in [0.4, 0.5) is 25.0 Å². The second kappa shape index (κ2) is 8.58. The summed E-state index contributed by atoms with van der Waals surface area (Å²) in [6.07, 6.45) is 0.465. The van der Waals surface area contributed by atoms with Crippen LogP contribution in [-0.2, 0) is 9.67 Å². The van der Waals surface area contributed by atoms with Gasteiger partial charge in [0, 0.05) is 34.8 Å². The fourth-order valence-electron chi connectivity index (χ4n) is 3.70. The second-order valence-corrected chi connectivity index (χ2v) is 8.55. The van der Waals surface area contributed by atoms with Crippen molar-refractivity contribution in [3.05, 3.63) is 64.7 Å². The first-order valence-corrected chi connectivity index (χ1v) is 10.6. The van der Waals surface area contributed by atoms with Gasteiger partial charge in [-0.3, -0.25) is 4.79 Å². The lowest BCUT2D eigenvalue weighted by Crippen LogP contribution is -2.47. The summed E-state index contributed by atoms with van der Waals surface area (Å²) in [5.41, 5.74) is 13.8. The van der Waals surface area contributed by atoms with Crippen molar-refractivity contribution in [2.24, 2.45) is 5.73 Å². The minimum absolute atomic E-state index is 0.128. The van der Waals surface area contributed by atoms with Gasteiger partial charge in [-0.05, 0) is 18.2 Å². The smallest absolute Gasteiger partial charge is 0.387 e. The molecule has 11 heteroatoms. The number of para-hydroxylation sites is 3. The molecule has 1 unspecified atom stereocenters. The number of halogens is 2. The van der Waals surface area contributed by atoms with Gasteiger partial charge in [0.15, 0.2) is 4.87 Å². The predicted octanol–water partition coefficient (Wildman–Crippen LogP) is 2.99. The number of nitrogens with two attached hydrogens (primary N) is 2. The van der Waals surface area contributed by atoms with Gasteiger partial charge in [0.1, 0.15) is 5.75 Å². The van der Waals surface area contributed by atoms with Gasteiger partial charge in [-0.25, -0.2) is 4.79 Å². The summed E-state index contributed by atoms with van der Waals surface area (Å²) >= 11 is 1.22. The number of primary amides is 1. The van der Waals surface area contributed by atoms with E-state index in [1.165, 1.54) is 34.9 Å². The number of urea groups is 1. The molecule has 0 saturated heterocycles. The molecule has 1 atom stereocenters. The molecule has 0 fully saturated rings. The van der Waals surface area contributed by atoms with Gasteiger partial charge in [-0.15, -0.1) is 0 Å². The third-order valence-corrected chi connectivity index (χ3v) is 6.68. The van der Waals surface area contributed by atoms with Gasteiger partial charge in [-0.1, -0.05) is 42.1 Å². The zero-order valence-electron chi connectivity index (χ0n) is 16.8. The minimum Gasteiger partial charge on any atom is -0.433 e. The van der Waals surface area contributed by atoms with Crippen LogP contribution in [0, 0.1) is 0 Å². The van der Waals surface area contributed by atoms with Crippen LogP contribution in [0.5, 0.6) is 5.75 Å². The number of rotatable bonds is 5. The fourth-order valence-corrected chi connectivity index (χ4v) is 5.14. The molecule has 2 aliphatic rings. The number of carbonyl (C=O) groups excluding carboxylic acids is 2. The Balaban J connectivity index is 1.51. The summed E-state index contributed by atoms with van der Waals surface area (Å²) in [5.74, 6) is -0.721. The molecule has 0 spiro atoms. The molecule has 6 N–H and O–H groups in total. The second-order valence-electron chi connectivity index (χ2n) is 7.24. The summed E-state index contributed by atoms with van der Waals surface area (Å²) in [5, 5.41) is 5.84. The SMILES string of the molecule is NC(=O)C1(c2ccccc2N)NC2=C(CN(C(=O)Nc3ccccc3OC(F)F)CC2)S1. The van der Waals surface area contributed by atoms with Gasteiger partial charge in [0.2, 0.25) is 0 Å². The molecule has 32 heavy (non-hydrogen) atoms. The van der Waals surface area contributed by atoms with Crippen LogP contribution in [0.3, 0.4) is 0 Å². The average Bonchev–Trinajstić information content (AvgIpc) is 3.15. The highest BCUT2D eigenvalue weighted by Crippen LogP contribution is 2.49. The van der Waals surface area contributed by atoms with Crippen LogP contribution < -0.4 is 26.8 Å². The van der Waals surface area contributed by atoms with E-state index in [4.69, 9.17) is 11.5 Å². The van der Waals surface area contributed by atoms with E-state index >= 15 is 0 Å². The van der Waals surface area contributed by atoms with Crippen LogP contribution in [-0.4, -0.2) is 36.5 Å². The number of hydrogen-bond acceptors (Lipinski definition) is 6. The quantitative estimate of drug-likeness (QED) is 0.508. The number of benzene rings is 2. The summed E-state index contributed by atoms with van der Waals surface area (Å²) < 4.78 is 29.7. The maximum absolute atomic E-state index is 12.8. The van der Waals surface area contributed by atoms with E-state index in [1.54, 1.807) is 30.3 Å². The van der Waals surface area contributed by atoms with Crippen LogP contribution in [0.1, 0.15) is 12.0 Å². The Kier molecular flexibility index (Phi) is 5.83. The van der Waals surface area contributed by atoms with E-state index in [9.17, 15) is 18.4 Å². The molecule has 2 aliphatic heterocycles.